The minimum atomic E-state index is -4.83. The summed E-state index contributed by atoms with van der Waals surface area (Å²) in [5, 5.41) is 0. The molecule has 1 aromatic carbocycles. The Morgan fingerprint density at radius 3 is 2.61 bits per heavy atom. The first kappa shape index (κ1) is 17.9. The average molecular weight is 346 g/mol. The van der Waals surface area contributed by atoms with Crippen LogP contribution in [0.3, 0.4) is 0 Å². The van der Waals surface area contributed by atoms with Crippen molar-refractivity contribution in [2.45, 2.75) is 31.9 Å². The van der Waals surface area contributed by atoms with E-state index in [1.807, 2.05) is 0 Å². The molecule has 2 rings (SSSR count). The number of phosphoric acid groups is 1. The van der Waals surface area contributed by atoms with E-state index in [4.69, 9.17) is 15.5 Å². The monoisotopic (exact) mass is 346 g/mol. The lowest BCUT2D eigenvalue weighted by atomic mass is 10.1. The molecule has 0 aliphatic carbocycles. The average Bonchev–Trinajstić information content (AvgIpc) is 2.71. The molecule has 0 saturated carbocycles. The Kier molecular flexibility index (Phi) is 5.75. The molecule has 4 N–H and O–H groups in total. The summed E-state index contributed by atoms with van der Waals surface area (Å²) >= 11 is 0. The lowest BCUT2D eigenvalue weighted by molar-refractivity contribution is -0.122. The molecule has 1 atom stereocenters. The number of carbonyl (C=O) groups is 1. The summed E-state index contributed by atoms with van der Waals surface area (Å²) in [6.45, 7) is 0.956. The number of nitrogens with two attached hydrogens (primary N) is 1. The first-order chi connectivity index (χ1) is 10.8. The Bertz CT molecular complexity index is 621. The zero-order valence-electron chi connectivity index (χ0n) is 12.5. The Balaban J connectivity index is 2.16. The van der Waals surface area contributed by atoms with E-state index in [9.17, 15) is 13.8 Å². The van der Waals surface area contributed by atoms with Crippen molar-refractivity contribution < 1.29 is 28.1 Å². The number of fused-ring (bicyclic) bond motifs is 1. The van der Waals surface area contributed by atoms with E-state index in [2.05, 4.69) is 4.52 Å². The number of amides is 1. The van der Waals surface area contributed by atoms with Crippen molar-refractivity contribution in [3.05, 3.63) is 23.8 Å². The molecule has 1 heterocycles. The number of benzene rings is 1. The van der Waals surface area contributed by atoms with Crippen LogP contribution in [-0.4, -0.2) is 28.8 Å². The molecule has 23 heavy (non-hydrogen) atoms. The van der Waals surface area contributed by atoms with Gasteiger partial charge in [-0.15, -0.1) is 0 Å². The molecule has 9 heteroatoms. The fraction of sp³-hybridized carbons (Fsp3) is 0.500. The Morgan fingerprint density at radius 2 is 1.96 bits per heavy atom. The van der Waals surface area contributed by atoms with Gasteiger partial charge in [0, 0.05) is 6.54 Å². The molecule has 1 aliphatic heterocycles. The van der Waals surface area contributed by atoms with Crippen LogP contribution >= 0.6 is 7.82 Å². The van der Waals surface area contributed by atoms with Crippen molar-refractivity contribution in [1.82, 2.24) is 0 Å². The summed E-state index contributed by atoms with van der Waals surface area (Å²) in [5.74, 6) is -1.04. The van der Waals surface area contributed by atoms with Crippen molar-refractivity contribution in [1.29, 1.82) is 0 Å². The van der Waals surface area contributed by atoms with Gasteiger partial charge >= 0.3 is 7.82 Å². The molecule has 7 nitrogen and oxygen atoms in total. The van der Waals surface area contributed by atoms with Crippen LogP contribution in [0, 0.1) is 0 Å². The first-order valence-electron chi connectivity index (χ1n) is 7.38. The van der Waals surface area contributed by atoms with Crippen LogP contribution < -0.4 is 15.2 Å². The highest BCUT2D eigenvalue weighted by molar-refractivity contribution is 7.46. The topological polar surface area (TPSA) is 113 Å². The smallest absolute Gasteiger partial charge is 0.404 e. The summed E-state index contributed by atoms with van der Waals surface area (Å²) in [5.41, 5.74) is 5.59. The number of unbranched alkanes of at least 4 members (excludes halogenated alkanes) is 3. The lowest BCUT2D eigenvalue weighted by Gasteiger charge is -2.17. The third-order valence-corrected chi connectivity index (χ3v) is 4.06. The van der Waals surface area contributed by atoms with E-state index in [-0.39, 0.29) is 11.3 Å². The number of alkyl halides is 1. The highest BCUT2D eigenvalue weighted by Crippen LogP contribution is 2.48. The molecule has 0 bridgehead atoms. The molecular weight excluding hydrogens is 326 g/mol. The normalized spacial score (nSPS) is 17.5. The summed E-state index contributed by atoms with van der Waals surface area (Å²) in [4.78, 5) is 31.2. The minimum Gasteiger partial charge on any atom is -0.404 e. The quantitative estimate of drug-likeness (QED) is 0.490. The number of hydrogen-bond acceptors (Lipinski definition) is 4. The number of nitrogens with zero attached hydrogens (tertiary/aromatic N) is 1. The second-order valence-corrected chi connectivity index (χ2v) is 6.49. The van der Waals surface area contributed by atoms with Crippen LogP contribution in [0.2, 0.25) is 0 Å². The van der Waals surface area contributed by atoms with Gasteiger partial charge in [-0.25, -0.2) is 8.96 Å². The molecule has 0 aromatic heterocycles. The zero-order chi connectivity index (χ0) is 17.0. The fourth-order valence-electron chi connectivity index (χ4n) is 2.61. The summed E-state index contributed by atoms with van der Waals surface area (Å²) in [7, 11) is -4.83. The summed E-state index contributed by atoms with van der Waals surface area (Å²) in [6.07, 6.45) is 1.42. The van der Waals surface area contributed by atoms with Gasteiger partial charge < -0.3 is 15.2 Å². The van der Waals surface area contributed by atoms with Crippen LogP contribution in [0.5, 0.6) is 5.75 Å². The molecule has 1 unspecified atom stereocenters. The minimum absolute atomic E-state index is 0.122. The molecule has 0 radical (unpaired) electrons. The molecule has 0 spiro atoms. The van der Waals surface area contributed by atoms with E-state index in [0.717, 1.165) is 19.3 Å². The number of rotatable bonds is 8. The molecule has 1 amide bonds. The van der Waals surface area contributed by atoms with Gasteiger partial charge in [0.05, 0.1) is 11.3 Å². The highest BCUT2D eigenvalue weighted by Gasteiger charge is 2.40. The number of halogens is 1. The van der Waals surface area contributed by atoms with Crippen molar-refractivity contribution in [3.63, 3.8) is 0 Å². The van der Waals surface area contributed by atoms with Gasteiger partial charge in [0.25, 0.3) is 5.91 Å². The van der Waals surface area contributed by atoms with Gasteiger partial charge in [0.15, 0.2) is 0 Å². The number of phosphoric ester groups is 1. The maximum atomic E-state index is 14.3. The first-order valence-corrected chi connectivity index (χ1v) is 8.91. The molecule has 0 saturated heterocycles. The van der Waals surface area contributed by atoms with Crippen LogP contribution in [0.1, 0.15) is 37.4 Å². The standard InChI is InChI=1S/C14H20FN2O5P/c15-13-12-10(6-5-7-11(12)22-23(19,20)21)17(14(13)18)9-4-2-1-3-8-16/h5-7,13H,1-4,8-9,16H2,(H2,19,20,21). The number of hydrogen-bond donors (Lipinski definition) is 3. The summed E-state index contributed by atoms with van der Waals surface area (Å²) < 4.78 is 29.8. The third-order valence-electron chi connectivity index (χ3n) is 3.62. The van der Waals surface area contributed by atoms with Crippen LogP contribution in [0.25, 0.3) is 0 Å². The summed E-state index contributed by atoms with van der Waals surface area (Å²) in [6, 6.07) is 4.25. The maximum Gasteiger partial charge on any atom is 0.524 e. The SMILES string of the molecule is NCCCCCCN1C(=O)C(F)c2c(OP(=O)(O)O)cccc21. The lowest BCUT2D eigenvalue weighted by Crippen LogP contribution is -2.28. The third kappa shape index (κ3) is 4.29. The van der Waals surface area contributed by atoms with Crippen molar-refractivity contribution >= 4 is 19.4 Å². The van der Waals surface area contributed by atoms with Crippen molar-refractivity contribution in [3.8, 4) is 5.75 Å². The predicted octanol–water partition coefficient (Wildman–Crippen LogP) is 2.03. The molecule has 1 aliphatic rings. The Labute approximate surface area is 133 Å². The fourth-order valence-corrected chi connectivity index (χ4v) is 3.02. The van der Waals surface area contributed by atoms with E-state index >= 15 is 0 Å². The molecule has 128 valence electrons. The van der Waals surface area contributed by atoms with Gasteiger partial charge in [-0.3, -0.25) is 14.6 Å². The molecule has 0 fully saturated rings. The van der Waals surface area contributed by atoms with Crippen LogP contribution in [0.4, 0.5) is 10.1 Å². The van der Waals surface area contributed by atoms with E-state index in [1.165, 1.54) is 17.0 Å². The van der Waals surface area contributed by atoms with Gasteiger partial charge in [0.1, 0.15) is 5.75 Å². The second kappa shape index (κ2) is 7.40. The largest absolute Gasteiger partial charge is 0.524 e. The van der Waals surface area contributed by atoms with Gasteiger partial charge in [-0.1, -0.05) is 18.9 Å². The molecular formula is C14H20FN2O5P. The van der Waals surface area contributed by atoms with Gasteiger partial charge in [-0.2, -0.15) is 0 Å². The Hall–Kier alpha value is -1.47. The van der Waals surface area contributed by atoms with Gasteiger partial charge in [0.2, 0.25) is 6.17 Å². The highest BCUT2D eigenvalue weighted by atomic mass is 31.2. The van der Waals surface area contributed by atoms with E-state index < -0.39 is 19.9 Å². The predicted molar refractivity (Wildman–Crippen MR) is 82.8 cm³/mol. The number of anilines is 1. The Morgan fingerprint density at radius 1 is 1.26 bits per heavy atom. The van der Waals surface area contributed by atoms with Gasteiger partial charge in [-0.05, 0) is 31.5 Å². The van der Waals surface area contributed by atoms with E-state index in [1.54, 1.807) is 6.07 Å². The number of carbonyl (C=O) groups excluding carboxylic acids is 1. The van der Waals surface area contributed by atoms with Crippen LogP contribution in [-0.2, 0) is 9.36 Å². The zero-order valence-corrected chi connectivity index (χ0v) is 13.4. The molecule has 1 aromatic rings. The van der Waals surface area contributed by atoms with Crippen molar-refractivity contribution in [2.75, 3.05) is 18.0 Å². The second-order valence-electron chi connectivity index (χ2n) is 5.33. The van der Waals surface area contributed by atoms with Crippen molar-refractivity contribution in [2.24, 2.45) is 5.73 Å². The van der Waals surface area contributed by atoms with E-state index in [0.29, 0.717) is 25.2 Å². The maximum absolute atomic E-state index is 14.3. The van der Waals surface area contributed by atoms with Crippen LogP contribution in [0.15, 0.2) is 18.2 Å².